The van der Waals surface area contributed by atoms with Gasteiger partial charge in [-0.15, -0.1) is 11.3 Å². The van der Waals surface area contributed by atoms with E-state index in [9.17, 15) is 23.1 Å². The number of hydrogen-bond donors (Lipinski definition) is 2. The number of nitrogens with zero attached hydrogens (tertiary/aromatic N) is 4. The molecule has 0 aliphatic heterocycles. The number of nitrogens with one attached hydrogen (secondary N) is 1. The van der Waals surface area contributed by atoms with Crippen molar-refractivity contribution in [2.24, 2.45) is 7.05 Å². The predicted molar refractivity (Wildman–Crippen MR) is 209 cm³/mol. The summed E-state index contributed by atoms with van der Waals surface area (Å²) in [5.74, 6) is -0.720. The molecule has 0 fully saturated rings. The summed E-state index contributed by atoms with van der Waals surface area (Å²) >= 11 is 1.36. The zero-order chi connectivity index (χ0) is 38.2. The lowest BCUT2D eigenvalue weighted by atomic mass is 9.81. The normalized spacial score (nSPS) is 12.9. The van der Waals surface area contributed by atoms with Crippen LogP contribution in [0.3, 0.4) is 0 Å². The highest BCUT2D eigenvalue weighted by Crippen LogP contribution is 2.31. The Kier molecular flexibility index (Phi) is 12.3. The number of aliphatic hydroxyl groups excluding tert-OH is 1. The molecule has 0 aliphatic carbocycles. The van der Waals surface area contributed by atoms with Gasteiger partial charge in [-0.2, -0.15) is 9.40 Å². The quantitative estimate of drug-likeness (QED) is 0.119. The summed E-state index contributed by atoms with van der Waals surface area (Å²) in [7, 11) is -1.06. The maximum Gasteiger partial charge on any atom is 0.407 e. The first-order chi connectivity index (χ1) is 26.1. The summed E-state index contributed by atoms with van der Waals surface area (Å²) in [6.07, 6.45) is 1.71. The molecule has 4 aromatic carbocycles. The zero-order valence-corrected chi connectivity index (χ0v) is 32.0. The number of thiazole rings is 1. The summed E-state index contributed by atoms with van der Waals surface area (Å²) in [4.78, 5) is 31.5. The lowest BCUT2D eigenvalue weighted by Gasteiger charge is -2.30. The Labute approximate surface area is 319 Å². The highest BCUT2D eigenvalue weighted by molar-refractivity contribution is 7.89. The van der Waals surface area contributed by atoms with Gasteiger partial charge in [0.1, 0.15) is 6.04 Å². The highest BCUT2D eigenvalue weighted by atomic mass is 32.2. The van der Waals surface area contributed by atoms with E-state index in [-0.39, 0.29) is 30.1 Å². The Morgan fingerprint density at radius 2 is 1.57 bits per heavy atom. The Balaban J connectivity index is 1.29. The molecule has 2 aromatic heterocycles. The van der Waals surface area contributed by atoms with Gasteiger partial charge in [0.15, 0.2) is 5.78 Å². The van der Waals surface area contributed by atoms with Crippen LogP contribution < -0.4 is 5.32 Å². The monoisotopic (exact) mass is 765 g/mol. The van der Waals surface area contributed by atoms with E-state index < -0.39 is 40.7 Å². The summed E-state index contributed by atoms with van der Waals surface area (Å²) in [5.41, 5.74) is 7.08. The molecule has 0 aliphatic rings. The molecular formula is C41H43N5O6S2. The van der Waals surface area contributed by atoms with Gasteiger partial charge in [-0.1, -0.05) is 84.9 Å². The molecule has 2 N–H and O–H groups in total. The number of benzene rings is 4. The molecule has 13 heteroatoms. The van der Waals surface area contributed by atoms with Crippen LogP contribution in [0.2, 0.25) is 0 Å². The Morgan fingerprint density at radius 1 is 0.926 bits per heavy atom. The summed E-state index contributed by atoms with van der Waals surface area (Å²) in [6, 6.07) is 29.7. The molecule has 0 radical (unpaired) electrons. The third-order valence-electron chi connectivity index (χ3n) is 9.65. The van der Waals surface area contributed by atoms with Crippen molar-refractivity contribution in [1.29, 1.82) is 0 Å². The molecule has 6 aromatic rings. The number of carbonyl (C=O) groups is 2. The minimum absolute atomic E-state index is 0.00342. The van der Waals surface area contributed by atoms with Crippen molar-refractivity contribution < 1.29 is 27.9 Å². The fourth-order valence-electron chi connectivity index (χ4n) is 6.87. The molecule has 2 atom stereocenters. The fraction of sp³-hybridized carbons (Fsp3) is 0.268. The number of rotatable bonds is 16. The van der Waals surface area contributed by atoms with E-state index in [2.05, 4.69) is 15.4 Å². The summed E-state index contributed by atoms with van der Waals surface area (Å²) < 4.78 is 37.5. The van der Waals surface area contributed by atoms with Gasteiger partial charge < -0.3 is 15.2 Å². The van der Waals surface area contributed by atoms with Crippen LogP contribution in [0, 0.1) is 6.92 Å². The Morgan fingerprint density at radius 3 is 2.19 bits per heavy atom. The smallest absolute Gasteiger partial charge is 0.407 e. The van der Waals surface area contributed by atoms with E-state index in [0.717, 1.165) is 32.5 Å². The van der Waals surface area contributed by atoms with Crippen molar-refractivity contribution in [3.05, 3.63) is 148 Å². The van der Waals surface area contributed by atoms with Crippen LogP contribution >= 0.6 is 11.3 Å². The molecule has 0 spiro atoms. The van der Waals surface area contributed by atoms with Gasteiger partial charge in [0.05, 0.1) is 40.0 Å². The van der Waals surface area contributed by atoms with Crippen molar-refractivity contribution >= 4 is 43.5 Å². The standard InChI is InChI=1S/C41H43N5O6S2/c1-28-33(24-45(2)44-28)25-46(54(50,51)35-20-21-36-38(23-35)53-27-42-36)34(26-47)19-18-29-12-10-11-17-32(29)22-37(48)40(43-41(49)52-3)39(30-13-6-4-7-14-30)31-15-8-5-9-16-31/h4-17,20-21,23-24,27,34,39-40,47H,18-19,22,25-26H2,1-3H3,(H,43,49)/t34-,40+/m0/s1. The van der Waals surface area contributed by atoms with Crippen LogP contribution in [0.1, 0.15) is 45.8 Å². The van der Waals surface area contributed by atoms with E-state index in [4.69, 9.17) is 4.74 Å². The lowest BCUT2D eigenvalue weighted by Crippen LogP contribution is -2.46. The average molecular weight is 766 g/mol. The largest absolute Gasteiger partial charge is 0.453 e. The maximum atomic E-state index is 14.4. The van der Waals surface area contributed by atoms with Gasteiger partial charge in [-0.3, -0.25) is 9.48 Å². The van der Waals surface area contributed by atoms with Crippen LogP contribution in [-0.4, -0.2) is 70.3 Å². The van der Waals surface area contributed by atoms with Gasteiger partial charge in [0, 0.05) is 43.7 Å². The molecule has 0 saturated carbocycles. The maximum absolute atomic E-state index is 14.4. The molecule has 54 heavy (non-hydrogen) atoms. The highest BCUT2D eigenvalue weighted by Gasteiger charge is 2.35. The SMILES string of the molecule is COC(=O)N[C@H](C(=O)Cc1ccccc1CC[C@@H](CO)N(Cc1cn(C)nc1C)S(=O)(=O)c1ccc2ncsc2c1)C(c1ccccc1)c1ccccc1. The van der Waals surface area contributed by atoms with Gasteiger partial charge in [0.2, 0.25) is 10.0 Å². The third-order valence-corrected chi connectivity index (χ3v) is 12.3. The van der Waals surface area contributed by atoms with Crippen molar-refractivity contribution in [3.63, 3.8) is 0 Å². The second-order valence-electron chi connectivity index (χ2n) is 13.1. The first-order valence-electron chi connectivity index (χ1n) is 17.6. The number of Topliss-reactive ketones (excluding diaryl/α,β-unsaturated/α-hetero) is 1. The number of aromatic nitrogens is 3. The van der Waals surface area contributed by atoms with Gasteiger partial charge in [-0.05, 0) is 60.2 Å². The van der Waals surface area contributed by atoms with Crippen molar-refractivity contribution in [2.75, 3.05) is 13.7 Å². The number of carbonyl (C=O) groups excluding carboxylic acids is 2. The molecule has 0 unspecified atom stereocenters. The number of sulfonamides is 1. The number of hydrogen-bond acceptors (Lipinski definition) is 9. The molecule has 0 saturated heterocycles. The fourth-order valence-corrected chi connectivity index (χ4v) is 9.31. The second kappa shape index (κ2) is 17.3. The number of ketones is 1. The number of aryl methyl sites for hydroxylation is 3. The minimum Gasteiger partial charge on any atom is -0.453 e. The van der Waals surface area contributed by atoms with E-state index in [0.29, 0.717) is 17.6 Å². The van der Waals surface area contributed by atoms with Crippen molar-refractivity contribution in [3.8, 4) is 0 Å². The van der Waals surface area contributed by atoms with Crippen LogP contribution in [0.25, 0.3) is 10.2 Å². The number of amides is 1. The Bertz CT molecular complexity index is 2270. The van der Waals surface area contributed by atoms with E-state index in [1.165, 1.54) is 22.8 Å². The average Bonchev–Trinajstić information content (AvgIpc) is 3.79. The lowest BCUT2D eigenvalue weighted by molar-refractivity contribution is -0.120. The molecular weight excluding hydrogens is 723 g/mol. The van der Waals surface area contributed by atoms with Gasteiger partial charge >= 0.3 is 6.09 Å². The van der Waals surface area contributed by atoms with Crippen LogP contribution in [0.15, 0.2) is 120 Å². The third kappa shape index (κ3) is 8.77. The number of aliphatic hydroxyl groups is 1. The van der Waals surface area contributed by atoms with Crippen LogP contribution in [0.4, 0.5) is 4.79 Å². The number of fused-ring (bicyclic) bond motifs is 1. The molecule has 0 bridgehead atoms. The first kappa shape index (κ1) is 38.5. The predicted octanol–water partition coefficient (Wildman–Crippen LogP) is 6.19. The topological polar surface area (TPSA) is 144 Å². The molecule has 11 nitrogen and oxygen atoms in total. The number of ether oxygens (including phenoxy) is 1. The van der Waals surface area contributed by atoms with E-state index in [1.807, 2.05) is 91.9 Å². The van der Waals surface area contributed by atoms with E-state index >= 15 is 0 Å². The van der Waals surface area contributed by atoms with Crippen LogP contribution in [0.5, 0.6) is 0 Å². The number of methoxy groups -OCH3 is 1. The summed E-state index contributed by atoms with van der Waals surface area (Å²) in [5, 5.41) is 18.0. The van der Waals surface area contributed by atoms with Crippen molar-refractivity contribution in [2.45, 2.75) is 55.6 Å². The zero-order valence-electron chi connectivity index (χ0n) is 30.3. The van der Waals surface area contributed by atoms with Gasteiger partial charge in [0.25, 0.3) is 0 Å². The number of alkyl carbamates (subject to hydrolysis) is 1. The molecule has 1 amide bonds. The summed E-state index contributed by atoms with van der Waals surface area (Å²) in [6.45, 7) is 1.41. The Hall–Kier alpha value is -5.21. The van der Waals surface area contributed by atoms with E-state index in [1.54, 1.807) is 41.6 Å². The molecule has 6 rings (SSSR count). The van der Waals surface area contributed by atoms with Crippen molar-refractivity contribution in [1.82, 2.24) is 24.4 Å². The molecule has 2 heterocycles. The second-order valence-corrected chi connectivity index (χ2v) is 15.9. The molecule has 280 valence electrons. The minimum atomic E-state index is -4.10. The van der Waals surface area contributed by atoms with Crippen LogP contribution in [-0.2, 0) is 46.0 Å². The van der Waals surface area contributed by atoms with Gasteiger partial charge in [-0.25, -0.2) is 18.2 Å². The first-order valence-corrected chi connectivity index (χ1v) is 19.9.